The fraction of sp³-hybridized carbons (Fsp3) is 0.429. The molecule has 1 saturated heterocycles. The van der Waals surface area contributed by atoms with Crippen molar-refractivity contribution in [1.29, 1.82) is 0 Å². The van der Waals surface area contributed by atoms with Crippen molar-refractivity contribution < 1.29 is 9.53 Å². The van der Waals surface area contributed by atoms with Crippen LogP contribution in [0.5, 0.6) is 0 Å². The second kappa shape index (κ2) is 7.49. The Morgan fingerprint density at radius 3 is 3.00 bits per heavy atom. The molecule has 1 aliphatic rings. The molecule has 2 N–H and O–H groups in total. The van der Waals surface area contributed by atoms with Gasteiger partial charge in [0.15, 0.2) is 5.82 Å². The first-order valence-electron chi connectivity index (χ1n) is 7.16. The number of aromatic nitrogens is 4. The van der Waals surface area contributed by atoms with E-state index in [4.69, 9.17) is 4.74 Å². The van der Waals surface area contributed by atoms with E-state index in [1.165, 1.54) is 0 Å². The number of tetrazole rings is 1. The van der Waals surface area contributed by atoms with Crippen LogP contribution in [-0.4, -0.2) is 51.4 Å². The van der Waals surface area contributed by atoms with Crippen molar-refractivity contribution >= 4 is 24.0 Å². The van der Waals surface area contributed by atoms with E-state index < -0.39 is 0 Å². The smallest absolute Gasteiger partial charge is 0.244 e. The van der Waals surface area contributed by atoms with Crippen molar-refractivity contribution in [3.05, 3.63) is 30.1 Å². The number of aryl methyl sites for hydroxylation is 1. The number of morpholine rings is 1. The van der Waals surface area contributed by atoms with Gasteiger partial charge < -0.3 is 15.4 Å². The largest absolute Gasteiger partial charge is 0.375 e. The van der Waals surface area contributed by atoms with Gasteiger partial charge in [0.2, 0.25) is 5.91 Å². The fourth-order valence-electron chi connectivity index (χ4n) is 2.43. The van der Waals surface area contributed by atoms with Gasteiger partial charge >= 0.3 is 0 Å². The standard InChI is InChI=1S/C14H18N6O2.ClH/c1-9-13(15-6-7-22-9)14(21)16-11-4-3-5-12(8-11)20-10(2)17-18-19-20;/h3-5,8-9,13,15H,6-7H2,1-2H3,(H,16,21);1H/t9-,13+;/m1./s1. The summed E-state index contributed by atoms with van der Waals surface area (Å²) in [6, 6.07) is 7.03. The number of hydrogen-bond acceptors (Lipinski definition) is 6. The Balaban J connectivity index is 0.00000192. The molecular formula is C14H19ClN6O2. The number of hydrogen-bond donors (Lipinski definition) is 2. The monoisotopic (exact) mass is 338 g/mol. The number of rotatable bonds is 3. The normalized spacial score (nSPS) is 20.6. The first-order valence-corrected chi connectivity index (χ1v) is 7.16. The molecule has 2 atom stereocenters. The molecule has 0 spiro atoms. The van der Waals surface area contributed by atoms with Crippen LogP contribution in [-0.2, 0) is 9.53 Å². The molecule has 2 aromatic rings. The van der Waals surface area contributed by atoms with Gasteiger partial charge in [-0.15, -0.1) is 17.5 Å². The molecule has 0 unspecified atom stereocenters. The topological polar surface area (TPSA) is 94.0 Å². The third kappa shape index (κ3) is 3.84. The Kier molecular flexibility index (Phi) is 5.64. The van der Waals surface area contributed by atoms with Crippen LogP contribution in [0.3, 0.4) is 0 Å². The molecule has 124 valence electrons. The lowest BCUT2D eigenvalue weighted by Crippen LogP contribution is -2.53. The molecule has 9 heteroatoms. The highest BCUT2D eigenvalue weighted by atomic mass is 35.5. The maximum atomic E-state index is 12.3. The van der Waals surface area contributed by atoms with Crippen LogP contribution < -0.4 is 10.6 Å². The van der Waals surface area contributed by atoms with Crippen molar-refractivity contribution in [2.75, 3.05) is 18.5 Å². The molecule has 1 aromatic carbocycles. The Bertz CT molecular complexity index is 677. The lowest BCUT2D eigenvalue weighted by atomic mass is 10.1. The van der Waals surface area contributed by atoms with Gasteiger partial charge in [-0.1, -0.05) is 6.07 Å². The Labute approximate surface area is 140 Å². The van der Waals surface area contributed by atoms with Gasteiger partial charge in [-0.25, -0.2) is 0 Å². The summed E-state index contributed by atoms with van der Waals surface area (Å²) >= 11 is 0. The van der Waals surface area contributed by atoms with E-state index in [2.05, 4.69) is 26.2 Å². The Hall–Kier alpha value is -2.03. The SMILES string of the molecule is Cc1nnnn1-c1cccc(NC(=O)[C@H]2NCCO[C@@H]2C)c1.Cl. The molecule has 1 aromatic heterocycles. The summed E-state index contributed by atoms with van der Waals surface area (Å²) in [6.45, 7) is 5.00. The minimum atomic E-state index is -0.354. The number of halogens is 1. The van der Waals surface area contributed by atoms with Crippen molar-refractivity contribution in [3.8, 4) is 5.69 Å². The maximum absolute atomic E-state index is 12.3. The lowest BCUT2D eigenvalue weighted by molar-refractivity contribution is -0.123. The minimum Gasteiger partial charge on any atom is -0.375 e. The highest BCUT2D eigenvalue weighted by molar-refractivity contribution is 5.95. The molecule has 2 heterocycles. The van der Waals surface area contributed by atoms with E-state index in [1.807, 2.05) is 38.1 Å². The van der Waals surface area contributed by atoms with E-state index in [9.17, 15) is 4.79 Å². The van der Waals surface area contributed by atoms with Crippen molar-refractivity contribution in [2.45, 2.75) is 26.0 Å². The van der Waals surface area contributed by atoms with Gasteiger partial charge in [0.05, 0.1) is 18.4 Å². The first kappa shape index (κ1) is 17.3. The quantitative estimate of drug-likeness (QED) is 0.856. The average Bonchev–Trinajstić information content (AvgIpc) is 2.94. The molecule has 0 saturated carbocycles. The number of ether oxygens (including phenoxy) is 1. The summed E-state index contributed by atoms with van der Waals surface area (Å²) in [4.78, 5) is 12.3. The molecule has 1 fully saturated rings. The summed E-state index contributed by atoms with van der Waals surface area (Å²) in [5.74, 6) is 0.567. The van der Waals surface area contributed by atoms with Crippen LogP contribution in [0.4, 0.5) is 5.69 Å². The Morgan fingerprint density at radius 1 is 1.48 bits per heavy atom. The van der Waals surface area contributed by atoms with Gasteiger partial charge in [0.1, 0.15) is 6.04 Å². The van der Waals surface area contributed by atoms with E-state index in [0.29, 0.717) is 24.7 Å². The number of carbonyl (C=O) groups excluding carboxylic acids is 1. The van der Waals surface area contributed by atoms with E-state index in [-0.39, 0.29) is 30.5 Å². The van der Waals surface area contributed by atoms with Gasteiger partial charge in [-0.05, 0) is 42.5 Å². The molecule has 23 heavy (non-hydrogen) atoms. The molecule has 0 bridgehead atoms. The van der Waals surface area contributed by atoms with Crippen LogP contribution in [0, 0.1) is 6.92 Å². The number of nitrogens with one attached hydrogen (secondary N) is 2. The summed E-state index contributed by atoms with van der Waals surface area (Å²) < 4.78 is 7.11. The number of benzene rings is 1. The fourth-order valence-corrected chi connectivity index (χ4v) is 2.43. The molecule has 3 rings (SSSR count). The van der Waals surface area contributed by atoms with Crippen molar-refractivity contribution in [1.82, 2.24) is 25.5 Å². The number of amides is 1. The highest BCUT2D eigenvalue weighted by Crippen LogP contribution is 2.16. The maximum Gasteiger partial charge on any atom is 0.244 e. The van der Waals surface area contributed by atoms with E-state index in [0.717, 1.165) is 5.69 Å². The summed E-state index contributed by atoms with van der Waals surface area (Å²) in [5.41, 5.74) is 1.48. The number of nitrogens with zero attached hydrogens (tertiary/aromatic N) is 4. The van der Waals surface area contributed by atoms with Gasteiger partial charge in [0, 0.05) is 12.2 Å². The van der Waals surface area contributed by atoms with Crippen LogP contribution >= 0.6 is 12.4 Å². The minimum absolute atomic E-state index is 0. The van der Waals surface area contributed by atoms with Gasteiger partial charge in [-0.3, -0.25) is 4.79 Å². The van der Waals surface area contributed by atoms with E-state index >= 15 is 0 Å². The first-order chi connectivity index (χ1) is 10.6. The number of anilines is 1. The molecule has 1 amide bonds. The summed E-state index contributed by atoms with van der Waals surface area (Å²) in [5, 5.41) is 17.5. The summed E-state index contributed by atoms with van der Waals surface area (Å²) in [7, 11) is 0. The molecule has 0 radical (unpaired) electrons. The second-order valence-corrected chi connectivity index (χ2v) is 5.19. The van der Waals surface area contributed by atoms with Gasteiger partial charge in [0.25, 0.3) is 0 Å². The van der Waals surface area contributed by atoms with E-state index in [1.54, 1.807) is 4.68 Å². The third-order valence-electron chi connectivity index (χ3n) is 3.58. The van der Waals surface area contributed by atoms with Crippen LogP contribution in [0.15, 0.2) is 24.3 Å². The predicted octanol–water partition coefficient (Wildman–Crippen LogP) is 0.708. The molecular weight excluding hydrogens is 320 g/mol. The lowest BCUT2D eigenvalue weighted by Gasteiger charge is -2.29. The second-order valence-electron chi connectivity index (χ2n) is 5.19. The zero-order valence-electron chi connectivity index (χ0n) is 12.9. The van der Waals surface area contributed by atoms with Crippen LogP contribution in [0.25, 0.3) is 5.69 Å². The predicted molar refractivity (Wildman–Crippen MR) is 87.0 cm³/mol. The third-order valence-corrected chi connectivity index (χ3v) is 3.58. The van der Waals surface area contributed by atoms with Gasteiger partial charge in [-0.2, -0.15) is 4.68 Å². The number of carbonyl (C=O) groups is 1. The van der Waals surface area contributed by atoms with Crippen LogP contribution in [0.1, 0.15) is 12.7 Å². The van der Waals surface area contributed by atoms with Crippen molar-refractivity contribution in [2.24, 2.45) is 0 Å². The zero-order valence-corrected chi connectivity index (χ0v) is 13.7. The zero-order chi connectivity index (χ0) is 15.5. The molecule has 1 aliphatic heterocycles. The average molecular weight is 339 g/mol. The van der Waals surface area contributed by atoms with Crippen molar-refractivity contribution in [3.63, 3.8) is 0 Å². The molecule has 0 aliphatic carbocycles. The Morgan fingerprint density at radius 2 is 2.30 bits per heavy atom. The summed E-state index contributed by atoms with van der Waals surface area (Å²) in [6.07, 6.45) is -0.154. The van der Waals surface area contributed by atoms with Crippen LogP contribution in [0.2, 0.25) is 0 Å². The molecule has 8 nitrogen and oxygen atoms in total. The highest BCUT2D eigenvalue weighted by Gasteiger charge is 2.28.